The number of aromatic nitrogens is 2. The molecule has 8 nitrogen and oxygen atoms in total. The number of carbonyl (C=O) groups is 3. The van der Waals surface area contributed by atoms with Crippen LogP contribution in [0.5, 0.6) is 0 Å². The normalized spacial score (nSPS) is 20.3. The Kier molecular flexibility index (Phi) is 5.09. The minimum Gasteiger partial charge on any atom is -0.342 e. The van der Waals surface area contributed by atoms with Gasteiger partial charge in [-0.3, -0.25) is 18.9 Å². The molecule has 1 N–H and O–H groups in total. The van der Waals surface area contributed by atoms with Crippen LogP contribution in [0.1, 0.15) is 48.8 Å². The van der Waals surface area contributed by atoms with E-state index in [2.05, 4.69) is 22.0 Å². The maximum absolute atomic E-state index is 12.7. The highest BCUT2D eigenvalue weighted by Gasteiger charge is 2.30. The lowest BCUT2D eigenvalue weighted by molar-refractivity contribution is -0.133. The van der Waals surface area contributed by atoms with Crippen LogP contribution in [-0.4, -0.2) is 63.2 Å². The van der Waals surface area contributed by atoms with Crippen molar-refractivity contribution < 1.29 is 14.4 Å². The van der Waals surface area contributed by atoms with Gasteiger partial charge in [0.15, 0.2) is 0 Å². The van der Waals surface area contributed by atoms with Gasteiger partial charge < -0.3 is 10.2 Å². The smallest absolute Gasteiger partial charge is 0.324 e. The molecule has 0 unspecified atom stereocenters. The summed E-state index contributed by atoms with van der Waals surface area (Å²) in [6, 6.07) is -0.360. The van der Waals surface area contributed by atoms with Crippen molar-refractivity contribution in [2.45, 2.75) is 45.4 Å². The fourth-order valence-electron chi connectivity index (χ4n) is 4.18. The molecular formula is C19H25N5O3S. The summed E-state index contributed by atoms with van der Waals surface area (Å²) >= 11 is 1.71. The molecule has 2 aliphatic rings. The first-order valence-corrected chi connectivity index (χ1v) is 10.6. The number of imide groups is 1. The number of nitrogens with zero attached hydrogens (tertiary/aromatic N) is 4. The first-order valence-electron chi connectivity index (χ1n) is 9.74. The lowest BCUT2D eigenvalue weighted by Gasteiger charge is -2.32. The molecule has 0 aromatic carbocycles. The second-order valence-electron chi connectivity index (χ2n) is 7.55. The van der Waals surface area contributed by atoms with Crippen LogP contribution < -0.4 is 5.32 Å². The first kappa shape index (κ1) is 18.9. The van der Waals surface area contributed by atoms with E-state index in [1.165, 1.54) is 15.4 Å². The van der Waals surface area contributed by atoms with E-state index in [1.54, 1.807) is 11.3 Å². The number of likely N-dealkylation sites (tertiary alicyclic amines) is 1. The van der Waals surface area contributed by atoms with Gasteiger partial charge in [0.25, 0.3) is 0 Å². The van der Waals surface area contributed by atoms with Crippen LogP contribution in [0.2, 0.25) is 0 Å². The predicted octanol–water partition coefficient (Wildman–Crippen LogP) is 2.05. The van der Waals surface area contributed by atoms with Crippen molar-refractivity contribution in [3.8, 4) is 0 Å². The Morgan fingerprint density at radius 2 is 2.18 bits per heavy atom. The standard InChI is InChI=1S/C19H25N5O3S/c1-12-11-28-18-17(21-13(2)24(12)18)14-5-3-7-22(10-14)15(25)6-4-8-23-16(26)9-20-19(23)27/h11,14H,3-10H2,1-2H3,(H,20,27)/t14-/m1/s1. The molecule has 1 atom stereocenters. The van der Waals surface area contributed by atoms with E-state index in [1.807, 2.05) is 11.8 Å². The molecule has 2 aromatic rings. The van der Waals surface area contributed by atoms with Crippen molar-refractivity contribution in [1.82, 2.24) is 24.5 Å². The van der Waals surface area contributed by atoms with Crippen LogP contribution in [0.15, 0.2) is 5.38 Å². The molecule has 2 aliphatic heterocycles. The molecular weight excluding hydrogens is 378 g/mol. The van der Waals surface area contributed by atoms with Crippen molar-refractivity contribution in [3.63, 3.8) is 0 Å². The molecule has 4 amide bonds. The minimum atomic E-state index is -0.360. The third kappa shape index (κ3) is 3.39. The molecule has 2 aromatic heterocycles. The molecule has 28 heavy (non-hydrogen) atoms. The van der Waals surface area contributed by atoms with Gasteiger partial charge >= 0.3 is 6.03 Å². The van der Waals surface area contributed by atoms with Crippen LogP contribution in [0, 0.1) is 13.8 Å². The number of amides is 4. The average Bonchev–Trinajstić information content (AvgIpc) is 3.33. The third-order valence-corrected chi connectivity index (χ3v) is 6.67. The maximum atomic E-state index is 12.7. The number of rotatable bonds is 5. The summed E-state index contributed by atoms with van der Waals surface area (Å²) in [7, 11) is 0. The van der Waals surface area contributed by atoms with Crippen molar-refractivity contribution in [2.75, 3.05) is 26.2 Å². The van der Waals surface area contributed by atoms with Gasteiger partial charge in [-0.15, -0.1) is 11.3 Å². The molecule has 150 valence electrons. The first-order chi connectivity index (χ1) is 13.5. The Morgan fingerprint density at radius 1 is 1.36 bits per heavy atom. The number of piperidine rings is 1. The van der Waals surface area contributed by atoms with E-state index in [9.17, 15) is 14.4 Å². The lowest BCUT2D eigenvalue weighted by atomic mass is 9.95. The summed E-state index contributed by atoms with van der Waals surface area (Å²) in [6.07, 6.45) is 2.85. The summed E-state index contributed by atoms with van der Waals surface area (Å²) in [5, 5.41) is 4.65. The Hall–Kier alpha value is -2.42. The predicted molar refractivity (Wildman–Crippen MR) is 105 cm³/mol. The summed E-state index contributed by atoms with van der Waals surface area (Å²) in [5.41, 5.74) is 2.30. The number of imidazole rings is 1. The highest BCUT2D eigenvalue weighted by Crippen LogP contribution is 2.33. The number of hydrogen-bond acceptors (Lipinski definition) is 5. The van der Waals surface area contributed by atoms with Gasteiger partial charge in [-0.1, -0.05) is 0 Å². The third-order valence-electron chi connectivity index (χ3n) is 5.59. The molecule has 2 saturated heterocycles. The Labute approximate surface area is 167 Å². The van der Waals surface area contributed by atoms with Gasteiger partial charge in [0.1, 0.15) is 10.7 Å². The van der Waals surface area contributed by atoms with E-state index in [-0.39, 0.29) is 30.3 Å². The fraction of sp³-hybridized carbons (Fsp3) is 0.579. The molecule has 0 bridgehead atoms. The summed E-state index contributed by atoms with van der Waals surface area (Å²) < 4.78 is 2.19. The van der Waals surface area contributed by atoms with Gasteiger partial charge in [-0.2, -0.15) is 0 Å². The lowest BCUT2D eigenvalue weighted by Crippen LogP contribution is -2.39. The molecule has 2 fully saturated rings. The molecule has 4 rings (SSSR count). The van der Waals surface area contributed by atoms with Crippen molar-refractivity contribution in [2.24, 2.45) is 0 Å². The molecule has 9 heteroatoms. The van der Waals surface area contributed by atoms with E-state index in [0.717, 1.165) is 30.9 Å². The monoisotopic (exact) mass is 403 g/mol. The molecule has 0 radical (unpaired) electrons. The number of nitrogens with one attached hydrogen (secondary N) is 1. The summed E-state index contributed by atoms with van der Waals surface area (Å²) in [5.74, 6) is 1.12. The van der Waals surface area contributed by atoms with Crippen molar-refractivity contribution >= 4 is 34.0 Å². The van der Waals surface area contributed by atoms with Crippen LogP contribution in [0.3, 0.4) is 0 Å². The zero-order chi connectivity index (χ0) is 19.8. The average molecular weight is 404 g/mol. The summed E-state index contributed by atoms with van der Waals surface area (Å²) in [6.45, 7) is 5.91. The maximum Gasteiger partial charge on any atom is 0.324 e. The molecule has 0 aliphatic carbocycles. The number of urea groups is 1. The Balaban J connectivity index is 1.37. The van der Waals surface area contributed by atoms with E-state index in [4.69, 9.17) is 4.98 Å². The SMILES string of the molecule is Cc1csc2c([C@@H]3CCCN(C(=O)CCCN4C(=O)CNC4=O)C3)nc(C)n12. The number of thiazole rings is 1. The molecule has 0 spiro atoms. The van der Waals surface area contributed by atoms with E-state index in [0.29, 0.717) is 25.9 Å². The number of aryl methyl sites for hydroxylation is 2. The van der Waals surface area contributed by atoms with Gasteiger partial charge in [-0.25, -0.2) is 9.78 Å². The topological polar surface area (TPSA) is 87.0 Å². The fourth-order valence-corrected chi connectivity index (χ4v) is 5.28. The number of carbonyl (C=O) groups excluding carboxylic acids is 3. The minimum absolute atomic E-state index is 0.0569. The van der Waals surface area contributed by atoms with Gasteiger partial charge in [0.05, 0.1) is 12.2 Å². The van der Waals surface area contributed by atoms with Gasteiger partial charge in [0.2, 0.25) is 11.8 Å². The molecule has 4 heterocycles. The zero-order valence-corrected chi connectivity index (χ0v) is 17.0. The highest BCUT2D eigenvalue weighted by molar-refractivity contribution is 7.15. The van der Waals surface area contributed by atoms with Crippen LogP contribution in [0.25, 0.3) is 4.83 Å². The van der Waals surface area contributed by atoms with Crippen LogP contribution in [-0.2, 0) is 9.59 Å². The highest BCUT2D eigenvalue weighted by atomic mass is 32.1. The largest absolute Gasteiger partial charge is 0.342 e. The second kappa shape index (κ2) is 7.54. The van der Waals surface area contributed by atoms with Crippen molar-refractivity contribution in [3.05, 3.63) is 22.6 Å². The van der Waals surface area contributed by atoms with Crippen LogP contribution in [0.4, 0.5) is 4.79 Å². The van der Waals surface area contributed by atoms with Gasteiger partial charge in [-0.05, 0) is 33.1 Å². The zero-order valence-electron chi connectivity index (χ0n) is 16.2. The number of hydrogen-bond donors (Lipinski definition) is 1. The van der Waals surface area contributed by atoms with Crippen LogP contribution >= 0.6 is 11.3 Å². The number of fused-ring (bicyclic) bond motifs is 1. The van der Waals surface area contributed by atoms with E-state index < -0.39 is 0 Å². The summed E-state index contributed by atoms with van der Waals surface area (Å²) in [4.78, 5) is 45.0. The quantitative estimate of drug-likeness (QED) is 0.774. The Bertz CT molecular complexity index is 918. The van der Waals surface area contributed by atoms with Crippen molar-refractivity contribution in [1.29, 1.82) is 0 Å². The van der Waals surface area contributed by atoms with Gasteiger partial charge in [0, 0.05) is 43.0 Å². The molecule has 0 saturated carbocycles. The second-order valence-corrected chi connectivity index (χ2v) is 8.41. The van der Waals surface area contributed by atoms with E-state index >= 15 is 0 Å². The Morgan fingerprint density at radius 3 is 2.93 bits per heavy atom.